The van der Waals surface area contributed by atoms with Crippen LogP contribution in [0.25, 0.3) is 0 Å². The lowest BCUT2D eigenvalue weighted by molar-refractivity contribution is 0.814. The van der Waals surface area contributed by atoms with Crippen LogP contribution in [-0.4, -0.2) is 15.2 Å². The van der Waals surface area contributed by atoms with Gasteiger partial charge in [0.1, 0.15) is 5.82 Å². The Balaban J connectivity index is 1.74. The van der Waals surface area contributed by atoms with Crippen molar-refractivity contribution in [2.24, 2.45) is 0 Å². The number of imidazole rings is 1. The number of nitrogens with zero attached hydrogens (tertiary/aromatic N) is 1. The molecule has 0 bridgehead atoms. The summed E-state index contributed by atoms with van der Waals surface area (Å²) in [6.45, 7) is 0. The van der Waals surface area contributed by atoms with Gasteiger partial charge in [-0.2, -0.15) is 0 Å². The maximum absolute atomic E-state index is 4.27. The lowest BCUT2D eigenvalue weighted by Crippen LogP contribution is -2.06. The monoisotopic (exact) mass is 216 g/mol. The summed E-state index contributed by atoms with van der Waals surface area (Å²) in [5, 5.41) is 0.647. The van der Waals surface area contributed by atoms with Gasteiger partial charge in [0.05, 0.1) is 0 Å². The number of hydrogen-bond acceptors (Lipinski definition) is 2. The number of nitrogens with one attached hydrogen (secondary N) is 1. The van der Waals surface area contributed by atoms with Gasteiger partial charge in [-0.15, -0.1) is 11.8 Å². The van der Waals surface area contributed by atoms with Crippen LogP contribution in [0, 0.1) is 0 Å². The molecule has 0 spiro atoms. The van der Waals surface area contributed by atoms with Crippen molar-refractivity contribution in [3.8, 4) is 0 Å². The topological polar surface area (TPSA) is 28.7 Å². The summed E-state index contributed by atoms with van der Waals surface area (Å²) in [6, 6.07) is 8.67. The number of rotatable bonds is 2. The maximum atomic E-state index is 4.27. The summed E-state index contributed by atoms with van der Waals surface area (Å²) in [7, 11) is 0. The van der Waals surface area contributed by atoms with Crippen molar-refractivity contribution in [2.75, 3.05) is 0 Å². The highest BCUT2D eigenvalue weighted by atomic mass is 32.2. The van der Waals surface area contributed by atoms with Crippen molar-refractivity contribution in [3.05, 3.63) is 48.0 Å². The third-order valence-electron chi connectivity index (χ3n) is 2.69. The predicted octanol–water partition coefficient (Wildman–Crippen LogP) is 2.67. The normalized spacial score (nSPS) is 19.1. The van der Waals surface area contributed by atoms with E-state index < -0.39 is 0 Å². The van der Waals surface area contributed by atoms with Crippen LogP contribution in [0.15, 0.2) is 41.6 Å². The van der Waals surface area contributed by atoms with Crippen molar-refractivity contribution in [1.82, 2.24) is 9.97 Å². The Bertz CT molecular complexity index is 423. The van der Waals surface area contributed by atoms with Crippen molar-refractivity contribution in [2.45, 2.75) is 23.0 Å². The molecule has 0 radical (unpaired) electrons. The van der Waals surface area contributed by atoms with Crippen LogP contribution in [0.1, 0.15) is 11.4 Å². The van der Waals surface area contributed by atoms with E-state index in [1.165, 1.54) is 16.9 Å². The highest BCUT2D eigenvalue weighted by molar-refractivity contribution is 8.00. The Labute approximate surface area is 93.1 Å². The van der Waals surface area contributed by atoms with Crippen LogP contribution in [0.3, 0.4) is 0 Å². The standard InChI is InChI=1S/C12H12N2S/c1-2-4-11-9(3-1)7-10(15-11)8-12-13-5-6-14-12/h1-6,10H,7-8H2,(H,13,14). The molecule has 3 heteroatoms. The molecule has 0 amide bonds. The summed E-state index contributed by atoms with van der Waals surface area (Å²) < 4.78 is 0. The summed E-state index contributed by atoms with van der Waals surface area (Å²) in [5.74, 6) is 1.10. The van der Waals surface area contributed by atoms with E-state index in [-0.39, 0.29) is 0 Å². The maximum Gasteiger partial charge on any atom is 0.107 e. The van der Waals surface area contributed by atoms with Gasteiger partial charge in [0.2, 0.25) is 0 Å². The molecule has 0 fully saturated rings. The van der Waals surface area contributed by atoms with Crippen LogP contribution in [0.5, 0.6) is 0 Å². The predicted molar refractivity (Wildman–Crippen MR) is 62.1 cm³/mol. The molecule has 15 heavy (non-hydrogen) atoms. The van der Waals surface area contributed by atoms with E-state index in [4.69, 9.17) is 0 Å². The second-order valence-corrected chi connectivity index (χ2v) is 5.13. The fourth-order valence-electron chi connectivity index (χ4n) is 1.99. The molecule has 0 saturated heterocycles. The average molecular weight is 216 g/mol. The molecule has 1 aliphatic heterocycles. The molecule has 1 aliphatic rings. The van der Waals surface area contributed by atoms with Crippen molar-refractivity contribution < 1.29 is 0 Å². The summed E-state index contributed by atoms with van der Waals surface area (Å²) in [5.41, 5.74) is 1.49. The van der Waals surface area contributed by atoms with E-state index in [2.05, 4.69) is 34.2 Å². The summed E-state index contributed by atoms with van der Waals surface area (Å²) in [4.78, 5) is 8.88. The largest absolute Gasteiger partial charge is 0.349 e. The zero-order chi connectivity index (χ0) is 10.1. The Morgan fingerprint density at radius 2 is 2.33 bits per heavy atom. The average Bonchev–Trinajstić information content (AvgIpc) is 2.86. The van der Waals surface area contributed by atoms with E-state index >= 15 is 0 Å². The van der Waals surface area contributed by atoms with Crippen molar-refractivity contribution in [1.29, 1.82) is 0 Å². The molecule has 0 aliphatic carbocycles. The van der Waals surface area contributed by atoms with Gasteiger partial charge in [0.25, 0.3) is 0 Å². The van der Waals surface area contributed by atoms with E-state index in [0.717, 1.165) is 12.2 Å². The zero-order valence-corrected chi connectivity index (χ0v) is 9.13. The summed E-state index contributed by atoms with van der Waals surface area (Å²) in [6.07, 6.45) is 5.91. The zero-order valence-electron chi connectivity index (χ0n) is 8.31. The van der Waals surface area contributed by atoms with Gasteiger partial charge in [-0.25, -0.2) is 4.98 Å². The van der Waals surface area contributed by atoms with Crippen molar-refractivity contribution in [3.63, 3.8) is 0 Å². The number of aromatic amines is 1. The van der Waals surface area contributed by atoms with E-state index in [0.29, 0.717) is 5.25 Å². The van der Waals surface area contributed by atoms with E-state index in [1.807, 2.05) is 24.2 Å². The van der Waals surface area contributed by atoms with Crippen LogP contribution in [0.2, 0.25) is 0 Å². The fourth-order valence-corrected chi connectivity index (χ4v) is 3.32. The fraction of sp³-hybridized carbons (Fsp3) is 0.250. The van der Waals surface area contributed by atoms with Crippen molar-refractivity contribution >= 4 is 11.8 Å². The number of fused-ring (bicyclic) bond motifs is 1. The SMILES string of the molecule is c1ccc2c(c1)CC(Cc1ncc[nH]1)S2. The van der Waals surface area contributed by atoms with Crippen LogP contribution >= 0.6 is 11.8 Å². The van der Waals surface area contributed by atoms with E-state index in [9.17, 15) is 0 Å². The second kappa shape index (κ2) is 3.74. The molecule has 1 N–H and O–H groups in total. The third kappa shape index (κ3) is 1.79. The molecule has 1 aromatic heterocycles. The second-order valence-electron chi connectivity index (χ2n) is 3.79. The Morgan fingerprint density at radius 3 is 3.13 bits per heavy atom. The van der Waals surface area contributed by atoms with Gasteiger partial charge in [-0.05, 0) is 18.1 Å². The molecule has 2 heterocycles. The number of benzene rings is 1. The lowest BCUT2D eigenvalue weighted by Gasteiger charge is -2.04. The lowest BCUT2D eigenvalue weighted by atomic mass is 10.1. The van der Waals surface area contributed by atoms with Gasteiger partial charge in [0, 0.05) is 29.0 Å². The first-order valence-electron chi connectivity index (χ1n) is 5.14. The Morgan fingerprint density at radius 1 is 1.40 bits per heavy atom. The third-order valence-corrected chi connectivity index (χ3v) is 4.01. The first-order valence-corrected chi connectivity index (χ1v) is 6.02. The molecular weight excluding hydrogens is 204 g/mol. The van der Waals surface area contributed by atoms with Crippen LogP contribution in [0.4, 0.5) is 0 Å². The van der Waals surface area contributed by atoms with Gasteiger partial charge in [-0.1, -0.05) is 18.2 Å². The van der Waals surface area contributed by atoms with Gasteiger partial charge in [0.15, 0.2) is 0 Å². The molecule has 1 unspecified atom stereocenters. The van der Waals surface area contributed by atoms with Gasteiger partial charge < -0.3 is 4.98 Å². The van der Waals surface area contributed by atoms with Crippen LogP contribution in [-0.2, 0) is 12.8 Å². The number of H-pyrrole nitrogens is 1. The molecule has 0 saturated carbocycles. The highest BCUT2D eigenvalue weighted by Gasteiger charge is 2.22. The number of aromatic nitrogens is 2. The first-order chi connectivity index (χ1) is 7.42. The molecule has 1 atom stereocenters. The van der Waals surface area contributed by atoms with E-state index in [1.54, 1.807) is 0 Å². The molecule has 3 rings (SSSR count). The quantitative estimate of drug-likeness (QED) is 0.836. The molecule has 2 aromatic rings. The minimum atomic E-state index is 0.647. The molecular formula is C12H12N2S. The van der Waals surface area contributed by atoms with Crippen LogP contribution < -0.4 is 0 Å². The van der Waals surface area contributed by atoms with Gasteiger partial charge >= 0.3 is 0 Å². The Kier molecular flexibility index (Phi) is 2.25. The number of hydrogen-bond donors (Lipinski definition) is 1. The summed E-state index contributed by atoms with van der Waals surface area (Å²) >= 11 is 1.97. The smallest absolute Gasteiger partial charge is 0.107 e. The molecule has 1 aromatic carbocycles. The first kappa shape index (κ1) is 9.04. The molecule has 76 valence electrons. The van der Waals surface area contributed by atoms with Gasteiger partial charge in [-0.3, -0.25) is 0 Å². The minimum absolute atomic E-state index is 0.647. The molecule has 2 nitrogen and oxygen atoms in total. The number of thioether (sulfide) groups is 1. The minimum Gasteiger partial charge on any atom is -0.349 e. The highest BCUT2D eigenvalue weighted by Crippen LogP contribution is 2.37. The Hall–Kier alpha value is -1.22.